The normalized spacial score (nSPS) is 18.4. The molecule has 0 spiro atoms. The zero-order valence-electron chi connectivity index (χ0n) is 14.5. The van der Waals surface area contributed by atoms with E-state index in [4.69, 9.17) is 4.99 Å². The van der Waals surface area contributed by atoms with Gasteiger partial charge in [0.2, 0.25) is 0 Å². The third-order valence-corrected chi connectivity index (χ3v) is 4.10. The van der Waals surface area contributed by atoms with Crippen LogP contribution in [0.2, 0.25) is 0 Å². The zero-order chi connectivity index (χ0) is 16.0. The Labute approximate surface area is 135 Å². The van der Waals surface area contributed by atoms with E-state index in [-0.39, 0.29) is 5.54 Å². The SMILES string of the molecule is C/C(NC1CCCCC1)=C(/C=NC(C)(C)C)c1ccccc1. The number of nitrogens with one attached hydrogen (secondary N) is 1. The van der Waals surface area contributed by atoms with Gasteiger partial charge >= 0.3 is 0 Å². The van der Waals surface area contributed by atoms with Crippen LogP contribution in [0.3, 0.4) is 0 Å². The van der Waals surface area contributed by atoms with E-state index < -0.39 is 0 Å². The maximum atomic E-state index is 4.72. The average Bonchev–Trinajstić information content (AvgIpc) is 2.48. The van der Waals surface area contributed by atoms with E-state index in [0.29, 0.717) is 6.04 Å². The Kier molecular flexibility index (Phi) is 5.82. The van der Waals surface area contributed by atoms with Crippen LogP contribution in [0.25, 0.3) is 5.57 Å². The largest absolute Gasteiger partial charge is 0.385 e. The summed E-state index contributed by atoms with van der Waals surface area (Å²) in [5.74, 6) is 0. The smallest absolute Gasteiger partial charge is 0.0524 e. The number of allylic oxidation sites excluding steroid dienone is 2. The summed E-state index contributed by atoms with van der Waals surface area (Å²) in [6, 6.07) is 11.2. The van der Waals surface area contributed by atoms with Crippen LogP contribution in [0, 0.1) is 0 Å². The summed E-state index contributed by atoms with van der Waals surface area (Å²) in [4.78, 5) is 4.72. The maximum absolute atomic E-state index is 4.72. The molecule has 2 nitrogen and oxygen atoms in total. The van der Waals surface area contributed by atoms with Crippen molar-refractivity contribution in [1.29, 1.82) is 0 Å². The molecule has 0 aromatic heterocycles. The van der Waals surface area contributed by atoms with E-state index in [2.05, 4.69) is 63.3 Å². The number of nitrogens with zero attached hydrogens (tertiary/aromatic N) is 1. The lowest BCUT2D eigenvalue weighted by molar-refractivity contribution is 0.397. The van der Waals surface area contributed by atoms with Gasteiger partial charge in [0, 0.05) is 23.5 Å². The number of aliphatic imine (C=N–C) groups is 1. The zero-order valence-corrected chi connectivity index (χ0v) is 14.5. The van der Waals surface area contributed by atoms with E-state index in [1.807, 2.05) is 6.21 Å². The van der Waals surface area contributed by atoms with Crippen LogP contribution < -0.4 is 5.32 Å². The summed E-state index contributed by atoms with van der Waals surface area (Å²) in [5, 5.41) is 3.74. The van der Waals surface area contributed by atoms with Crippen molar-refractivity contribution in [2.45, 2.75) is 71.4 Å². The second kappa shape index (κ2) is 7.62. The molecule has 0 unspecified atom stereocenters. The standard InChI is InChI=1S/C20H30N2/c1-16(22-18-13-9-6-10-14-18)19(15-21-20(2,3)4)17-11-7-5-8-12-17/h5,7-8,11-12,15,18,22H,6,9-10,13-14H2,1-4H3/b19-16+,21-15?. The topological polar surface area (TPSA) is 24.4 Å². The molecule has 0 amide bonds. The van der Waals surface area contributed by atoms with Crippen molar-refractivity contribution in [3.8, 4) is 0 Å². The van der Waals surface area contributed by atoms with Crippen molar-refractivity contribution in [3.05, 3.63) is 41.6 Å². The average molecular weight is 298 g/mol. The van der Waals surface area contributed by atoms with Gasteiger partial charge < -0.3 is 5.32 Å². The molecule has 1 saturated carbocycles. The van der Waals surface area contributed by atoms with Gasteiger partial charge in [-0.1, -0.05) is 49.6 Å². The van der Waals surface area contributed by atoms with Crippen LogP contribution in [-0.2, 0) is 0 Å². The van der Waals surface area contributed by atoms with Crippen LogP contribution in [0.4, 0.5) is 0 Å². The molecule has 2 heteroatoms. The highest BCUT2D eigenvalue weighted by atomic mass is 14.9. The third-order valence-electron chi connectivity index (χ3n) is 4.10. The lowest BCUT2D eigenvalue weighted by Gasteiger charge is -2.25. The third kappa shape index (κ3) is 5.32. The van der Waals surface area contributed by atoms with E-state index in [1.165, 1.54) is 48.9 Å². The Bertz CT molecular complexity index is 514. The maximum Gasteiger partial charge on any atom is 0.0524 e. The molecule has 1 aromatic carbocycles. The molecule has 0 atom stereocenters. The van der Waals surface area contributed by atoms with Crippen LogP contribution in [0.15, 0.2) is 41.0 Å². The molecular formula is C20H30N2. The van der Waals surface area contributed by atoms with Crippen molar-refractivity contribution in [2.75, 3.05) is 0 Å². The number of rotatable bonds is 4. The van der Waals surface area contributed by atoms with E-state index >= 15 is 0 Å². The van der Waals surface area contributed by atoms with E-state index in [0.717, 1.165) is 0 Å². The Morgan fingerprint density at radius 1 is 1.09 bits per heavy atom. The van der Waals surface area contributed by atoms with Gasteiger partial charge in [-0.05, 0) is 46.1 Å². The Balaban J connectivity index is 2.25. The highest BCUT2D eigenvalue weighted by molar-refractivity contribution is 6.10. The molecular weight excluding hydrogens is 268 g/mol. The summed E-state index contributed by atoms with van der Waals surface area (Å²) in [7, 11) is 0. The summed E-state index contributed by atoms with van der Waals surface area (Å²) in [6.07, 6.45) is 8.70. The molecule has 22 heavy (non-hydrogen) atoms. The van der Waals surface area contributed by atoms with Gasteiger partial charge in [-0.3, -0.25) is 4.99 Å². The summed E-state index contributed by atoms with van der Waals surface area (Å²) < 4.78 is 0. The van der Waals surface area contributed by atoms with Gasteiger partial charge in [0.15, 0.2) is 0 Å². The van der Waals surface area contributed by atoms with Gasteiger partial charge in [-0.25, -0.2) is 0 Å². The summed E-state index contributed by atoms with van der Waals surface area (Å²) >= 11 is 0. The monoisotopic (exact) mass is 298 g/mol. The molecule has 2 rings (SSSR count). The van der Waals surface area contributed by atoms with Gasteiger partial charge in [0.1, 0.15) is 0 Å². The quantitative estimate of drug-likeness (QED) is 0.758. The second-order valence-corrected chi connectivity index (χ2v) is 7.31. The minimum atomic E-state index is -0.0504. The molecule has 1 N–H and O–H groups in total. The lowest BCUT2D eigenvalue weighted by Crippen LogP contribution is -2.30. The molecule has 0 aliphatic heterocycles. The van der Waals surface area contributed by atoms with Crippen LogP contribution in [-0.4, -0.2) is 17.8 Å². The number of hydrogen-bond donors (Lipinski definition) is 1. The molecule has 1 aromatic rings. The molecule has 120 valence electrons. The molecule has 0 saturated heterocycles. The first-order valence-corrected chi connectivity index (χ1v) is 8.54. The van der Waals surface area contributed by atoms with Crippen molar-refractivity contribution >= 4 is 11.8 Å². The molecule has 0 bridgehead atoms. The minimum Gasteiger partial charge on any atom is -0.385 e. The first kappa shape index (κ1) is 16.8. The molecule has 1 aliphatic carbocycles. The second-order valence-electron chi connectivity index (χ2n) is 7.31. The first-order chi connectivity index (χ1) is 10.5. The Hall–Kier alpha value is -1.57. The minimum absolute atomic E-state index is 0.0504. The van der Waals surface area contributed by atoms with Gasteiger partial charge in [0.05, 0.1) is 5.54 Å². The fourth-order valence-electron chi connectivity index (χ4n) is 2.89. The molecule has 1 aliphatic rings. The van der Waals surface area contributed by atoms with Crippen molar-refractivity contribution in [3.63, 3.8) is 0 Å². The van der Waals surface area contributed by atoms with E-state index in [1.54, 1.807) is 0 Å². The number of hydrogen-bond acceptors (Lipinski definition) is 2. The van der Waals surface area contributed by atoms with Crippen LogP contribution >= 0.6 is 0 Å². The van der Waals surface area contributed by atoms with E-state index in [9.17, 15) is 0 Å². The van der Waals surface area contributed by atoms with Gasteiger partial charge in [-0.15, -0.1) is 0 Å². The van der Waals surface area contributed by atoms with Crippen LogP contribution in [0.1, 0.15) is 65.4 Å². The Morgan fingerprint density at radius 3 is 2.32 bits per heavy atom. The predicted molar refractivity (Wildman–Crippen MR) is 97.3 cm³/mol. The van der Waals surface area contributed by atoms with Gasteiger partial charge in [-0.2, -0.15) is 0 Å². The van der Waals surface area contributed by atoms with Crippen molar-refractivity contribution in [2.24, 2.45) is 4.99 Å². The first-order valence-electron chi connectivity index (χ1n) is 8.54. The lowest BCUT2D eigenvalue weighted by atomic mass is 9.94. The fourth-order valence-corrected chi connectivity index (χ4v) is 2.89. The highest BCUT2D eigenvalue weighted by Crippen LogP contribution is 2.22. The fraction of sp³-hybridized carbons (Fsp3) is 0.550. The summed E-state index contributed by atoms with van der Waals surface area (Å²) in [6.45, 7) is 8.59. The van der Waals surface area contributed by atoms with Gasteiger partial charge in [0.25, 0.3) is 0 Å². The molecule has 0 heterocycles. The Morgan fingerprint density at radius 2 is 1.73 bits per heavy atom. The predicted octanol–water partition coefficient (Wildman–Crippen LogP) is 5.21. The highest BCUT2D eigenvalue weighted by Gasteiger charge is 2.15. The molecule has 0 radical (unpaired) electrons. The van der Waals surface area contributed by atoms with Crippen LogP contribution in [0.5, 0.6) is 0 Å². The number of benzene rings is 1. The van der Waals surface area contributed by atoms with Crippen molar-refractivity contribution in [1.82, 2.24) is 5.32 Å². The van der Waals surface area contributed by atoms with Crippen molar-refractivity contribution < 1.29 is 0 Å². The summed E-state index contributed by atoms with van der Waals surface area (Å²) in [5.41, 5.74) is 3.63. The molecule has 1 fully saturated rings.